The second kappa shape index (κ2) is 5.87. The Morgan fingerprint density at radius 1 is 1.11 bits per heavy atom. The lowest BCUT2D eigenvalue weighted by Crippen LogP contribution is -1.92. The van der Waals surface area contributed by atoms with Crippen molar-refractivity contribution >= 4 is 15.9 Å². The Labute approximate surface area is 115 Å². The van der Waals surface area contributed by atoms with E-state index < -0.39 is 0 Å². The fourth-order valence-electron chi connectivity index (χ4n) is 1.47. The van der Waals surface area contributed by atoms with Crippen LogP contribution in [0.5, 0.6) is 17.4 Å². The van der Waals surface area contributed by atoms with E-state index in [-0.39, 0.29) is 0 Å². The van der Waals surface area contributed by atoms with Gasteiger partial charge < -0.3 is 9.47 Å². The molecule has 2 rings (SSSR count). The Hall–Kier alpha value is -1.55. The van der Waals surface area contributed by atoms with Crippen LogP contribution in [0, 0.1) is 6.92 Å². The number of hydrogen-bond acceptors (Lipinski definition) is 3. The van der Waals surface area contributed by atoms with E-state index in [1.54, 1.807) is 6.20 Å². The Balaban J connectivity index is 2.16. The van der Waals surface area contributed by atoms with Crippen molar-refractivity contribution in [3.05, 3.63) is 46.6 Å². The number of ether oxygens (including phenoxy) is 2. The van der Waals surface area contributed by atoms with E-state index >= 15 is 0 Å². The SMILES string of the molecule is CCOc1ccc(Oc2nccc(C)c2Br)cc1. The minimum Gasteiger partial charge on any atom is -0.494 e. The predicted octanol–water partition coefficient (Wildman–Crippen LogP) is 4.34. The van der Waals surface area contributed by atoms with Crippen LogP contribution in [0.2, 0.25) is 0 Å². The van der Waals surface area contributed by atoms with Gasteiger partial charge in [-0.05, 0) is 65.7 Å². The van der Waals surface area contributed by atoms with Gasteiger partial charge in [-0.2, -0.15) is 0 Å². The van der Waals surface area contributed by atoms with Gasteiger partial charge in [0.2, 0.25) is 5.88 Å². The van der Waals surface area contributed by atoms with E-state index in [0.717, 1.165) is 21.5 Å². The summed E-state index contributed by atoms with van der Waals surface area (Å²) in [4.78, 5) is 4.19. The van der Waals surface area contributed by atoms with Gasteiger partial charge in [0.05, 0.1) is 11.1 Å². The van der Waals surface area contributed by atoms with E-state index in [1.807, 2.05) is 44.2 Å². The van der Waals surface area contributed by atoms with Crippen LogP contribution in [0.4, 0.5) is 0 Å². The maximum Gasteiger partial charge on any atom is 0.233 e. The number of nitrogens with zero attached hydrogens (tertiary/aromatic N) is 1. The third-order valence-corrected chi connectivity index (χ3v) is 3.36. The van der Waals surface area contributed by atoms with Crippen molar-refractivity contribution in [2.75, 3.05) is 6.61 Å². The molecule has 0 aliphatic carbocycles. The molecule has 1 aromatic heterocycles. The summed E-state index contributed by atoms with van der Waals surface area (Å²) in [6.07, 6.45) is 1.73. The monoisotopic (exact) mass is 307 g/mol. The number of halogens is 1. The molecule has 4 heteroatoms. The molecule has 0 spiro atoms. The lowest BCUT2D eigenvalue weighted by atomic mass is 10.3. The molecule has 0 saturated heterocycles. The molecule has 0 saturated carbocycles. The van der Waals surface area contributed by atoms with Crippen molar-refractivity contribution in [2.45, 2.75) is 13.8 Å². The van der Waals surface area contributed by atoms with Crippen molar-refractivity contribution < 1.29 is 9.47 Å². The highest BCUT2D eigenvalue weighted by atomic mass is 79.9. The van der Waals surface area contributed by atoms with Gasteiger partial charge in [-0.1, -0.05) is 0 Å². The molecule has 1 aromatic carbocycles. The molecule has 0 amide bonds. The summed E-state index contributed by atoms with van der Waals surface area (Å²) in [5.41, 5.74) is 1.09. The Morgan fingerprint density at radius 2 is 1.78 bits per heavy atom. The van der Waals surface area contributed by atoms with Crippen molar-refractivity contribution in [1.29, 1.82) is 0 Å². The fraction of sp³-hybridized carbons (Fsp3) is 0.214. The average molecular weight is 308 g/mol. The normalized spacial score (nSPS) is 10.2. The van der Waals surface area contributed by atoms with Crippen LogP contribution in [-0.4, -0.2) is 11.6 Å². The van der Waals surface area contributed by atoms with Gasteiger partial charge in [0.15, 0.2) is 0 Å². The van der Waals surface area contributed by atoms with Gasteiger partial charge in [0.1, 0.15) is 11.5 Å². The summed E-state index contributed by atoms with van der Waals surface area (Å²) in [6, 6.07) is 9.41. The summed E-state index contributed by atoms with van der Waals surface area (Å²) in [5, 5.41) is 0. The summed E-state index contributed by atoms with van der Waals surface area (Å²) in [7, 11) is 0. The quantitative estimate of drug-likeness (QED) is 0.842. The minimum atomic E-state index is 0.569. The van der Waals surface area contributed by atoms with Gasteiger partial charge in [0, 0.05) is 6.20 Å². The summed E-state index contributed by atoms with van der Waals surface area (Å²) < 4.78 is 12.0. The van der Waals surface area contributed by atoms with Crippen LogP contribution in [0.25, 0.3) is 0 Å². The van der Waals surface area contributed by atoms with Gasteiger partial charge in [-0.3, -0.25) is 0 Å². The van der Waals surface area contributed by atoms with E-state index in [2.05, 4.69) is 20.9 Å². The highest BCUT2D eigenvalue weighted by Crippen LogP contribution is 2.30. The first-order chi connectivity index (χ1) is 8.70. The molecule has 2 aromatic rings. The van der Waals surface area contributed by atoms with Crippen LogP contribution in [0.15, 0.2) is 41.0 Å². The van der Waals surface area contributed by atoms with E-state index in [0.29, 0.717) is 12.5 Å². The first-order valence-electron chi connectivity index (χ1n) is 5.72. The maximum absolute atomic E-state index is 5.71. The highest BCUT2D eigenvalue weighted by molar-refractivity contribution is 9.10. The fourth-order valence-corrected chi connectivity index (χ4v) is 1.78. The molecule has 0 atom stereocenters. The number of rotatable bonds is 4. The molecule has 18 heavy (non-hydrogen) atoms. The third-order valence-electron chi connectivity index (χ3n) is 2.40. The zero-order valence-electron chi connectivity index (χ0n) is 10.3. The molecule has 0 N–H and O–H groups in total. The molecule has 0 radical (unpaired) electrons. The number of pyridine rings is 1. The zero-order valence-corrected chi connectivity index (χ0v) is 11.9. The molecule has 1 heterocycles. The van der Waals surface area contributed by atoms with Crippen LogP contribution in [-0.2, 0) is 0 Å². The summed E-state index contributed by atoms with van der Waals surface area (Å²) >= 11 is 3.46. The second-order valence-electron chi connectivity index (χ2n) is 3.75. The van der Waals surface area contributed by atoms with Gasteiger partial charge in [0.25, 0.3) is 0 Å². The second-order valence-corrected chi connectivity index (χ2v) is 4.55. The predicted molar refractivity (Wildman–Crippen MR) is 74.4 cm³/mol. The first-order valence-corrected chi connectivity index (χ1v) is 6.52. The lowest BCUT2D eigenvalue weighted by Gasteiger charge is -2.09. The van der Waals surface area contributed by atoms with Crippen molar-refractivity contribution in [1.82, 2.24) is 4.98 Å². The standard InChI is InChI=1S/C14H14BrNO2/c1-3-17-11-4-6-12(7-5-11)18-14-13(15)10(2)8-9-16-14/h4-9H,3H2,1-2H3. The van der Waals surface area contributed by atoms with Gasteiger partial charge in [-0.15, -0.1) is 0 Å². The van der Waals surface area contributed by atoms with Crippen LogP contribution < -0.4 is 9.47 Å². The van der Waals surface area contributed by atoms with Gasteiger partial charge >= 0.3 is 0 Å². The van der Waals surface area contributed by atoms with E-state index in [1.165, 1.54) is 0 Å². The molecule has 0 aliphatic heterocycles. The Kier molecular flexibility index (Phi) is 4.20. The maximum atomic E-state index is 5.71. The van der Waals surface area contributed by atoms with Crippen LogP contribution in [0.3, 0.4) is 0 Å². The number of hydrogen-bond donors (Lipinski definition) is 0. The number of benzene rings is 1. The van der Waals surface area contributed by atoms with Crippen molar-refractivity contribution in [2.24, 2.45) is 0 Å². The molecule has 94 valence electrons. The van der Waals surface area contributed by atoms with Crippen molar-refractivity contribution in [3.63, 3.8) is 0 Å². The lowest BCUT2D eigenvalue weighted by molar-refractivity contribution is 0.339. The zero-order chi connectivity index (χ0) is 13.0. The smallest absolute Gasteiger partial charge is 0.233 e. The number of aryl methyl sites for hydroxylation is 1. The Morgan fingerprint density at radius 3 is 2.44 bits per heavy atom. The molecule has 0 fully saturated rings. The molecular formula is C14H14BrNO2. The number of aromatic nitrogens is 1. The molecular weight excluding hydrogens is 294 g/mol. The summed E-state index contributed by atoms with van der Waals surface area (Å²) in [6.45, 7) is 4.61. The van der Waals surface area contributed by atoms with Crippen LogP contribution >= 0.6 is 15.9 Å². The third kappa shape index (κ3) is 3.01. The largest absolute Gasteiger partial charge is 0.494 e. The van der Waals surface area contributed by atoms with Gasteiger partial charge in [-0.25, -0.2) is 4.98 Å². The first kappa shape index (κ1) is 12.9. The minimum absolute atomic E-state index is 0.569. The topological polar surface area (TPSA) is 31.4 Å². The Bertz CT molecular complexity index is 526. The van der Waals surface area contributed by atoms with Crippen LogP contribution in [0.1, 0.15) is 12.5 Å². The summed E-state index contributed by atoms with van der Waals surface area (Å²) in [5.74, 6) is 2.14. The highest BCUT2D eigenvalue weighted by Gasteiger charge is 2.06. The van der Waals surface area contributed by atoms with E-state index in [9.17, 15) is 0 Å². The molecule has 3 nitrogen and oxygen atoms in total. The molecule has 0 bridgehead atoms. The average Bonchev–Trinajstić information content (AvgIpc) is 2.38. The van der Waals surface area contributed by atoms with E-state index in [4.69, 9.17) is 9.47 Å². The molecule has 0 aliphatic rings. The molecule has 0 unspecified atom stereocenters. The van der Waals surface area contributed by atoms with Crippen molar-refractivity contribution in [3.8, 4) is 17.4 Å².